The van der Waals surface area contributed by atoms with Crippen LogP contribution in [0.1, 0.15) is 44.9 Å². The monoisotopic (exact) mass is 265 g/mol. The minimum absolute atomic E-state index is 0.473. The Hall–Kier alpha value is -0.120. The second-order valence-electron chi connectivity index (χ2n) is 7.21. The van der Waals surface area contributed by atoms with Gasteiger partial charge in [-0.15, -0.1) is 0 Å². The smallest absolute Gasteiger partial charge is 0.0145 e. The molecule has 2 aliphatic heterocycles. The van der Waals surface area contributed by atoms with E-state index in [0.717, 1.165) is 17.9 Å². The van der Waals surface area contributed by atoms with Crippen LogP contribution in [-0.4, -0.2) is 55.1 Å². The molecule has 4 unspecified atom stereocenters. The molecule has 3 aliphatic rings. The second-order valence-corrected chi connectivity index (χ2v) is 7.21. The molecule has 0 aromatic carbocycles. The molecule has 2 heterocycles. The Bertz CT molecular complexity index is 294. The van der Waals surface area contributed by atoms with Gasteiger partial charge >= 0.3 is 0 Å². The van der Waals surface area contributed by atoms with Crippen molar-refractivity contribution in [1.29, 1.82) is 0 Å². The summed E-state index contributed by atoms with van der Waals surface area (Å²) in [7, 11) is 2.32. The van der Waals surface area contributed by atoms with E-state index in [9.17, 15) is 0 Å². The van der Waals surface area contributed by atoms with Crippen molar-refractivity contribution in [3.8, 4) is 0 Å². The molecule has 2 N–H and O–H groups in total. The quantitative estimate of drug-likeness (QED) is 0.828. The molecule has 1 aliphatic carbocycles. The first kappa shape index (κ1) is 13.8. The molecular weight excluding hydrogens is 234 g/mol. The number of hydrogen-bond donors (Lipinski definition) is 1. The molecule has 0 aromatic rings. The summed E-state index contributed by atoms with van der Waals surface area (Å²) < 4.78 is 0. The van der Waals surface area contributed by atoms with Gasteiger partial charge in [0.2, 0.25) is 0 Å². The normalized spacial score (nSPS) is 42.0. The lowest BCUT2D eigenvalue weighted by molar-refractivity contribution is 0.0283. The van der Waals surface area contributed by atoms with Gasteiger partial charge < -0.3 is 15.5 Å². The van der Waals surface area contributed by atoms with E-state index in [4.69, 9.17) is 5.73 Å². The van der Waals surface area contributed by atoms with Crippen molar-refractivity contribution < 1.29 is 0 Å². The Morgan fingerprint density at radius 3 is 2.68 bits per heavy atom. The molecule has 3 fully saturated rings. The average molecular weight is 265 g/mol. The summed E-state index contributed by atoms with van der Waals surface area (Å²) in [6, 6.07) is 1.34. The van der Waals surface area contributed by atoms with E-state index < -0.39 is 0 Å². The van der Waals surface area contributed by atoms with Gasteiger partial charge in [-0.2, -0.15) is 0 Å². The van der Waals surface area contributed by atoms with Crippen LogP contribution in [0.25, 0.3) is 0 Å². The summed E-state index contributed by atoms with van der Waals surface area (Å²) in [4.78, 5) is 5.34. The van der Waals surface area contributed by atoms with Crippen LogP contribution in [0.3, 0.4) is 0 Å². The van der Waals surface area contributed by atoms with E-state index in [2.05, 4.69) is 16.8 Å². The van der Waals surface area contributed by atoms with Gasteiger partial charge in [-0.1, -0.05) is 12.8 Å². The molecule has 2 saturated heterocycles. The van der Waals surface area contributed by atoms with Crippen LogP contribution in [0.2, 0.25) is 0 Å². The Kier molecular flexibility index (Phi) is 4.45. The molecule has 4 atom stereocenters. The maximum atomic E-state index is 6.32. The van der Waals surface area contributed by atoms with Crippen LogP contribution in [0.5, 0.6) is 0 Å². The summed E-state index contributed by atoms with van der Waals surface area (Å²) in [6.07, 6.45) is 9.60. The number of piperidine rings is 2. The molecule has 1 saturated carbocycles. The maximum absolute atomic E-state index is 6.32. The highest BCUT2D eigenvalue weighted by Gasteiger charge is 2.35. The lowest BCUT2D eigenvalue weighted by atomic mass is 9.81. The third-order valence-corrected chi connectivity index (χ3v) is 5.89. The largest absolute Gasteiger partial charge is 0.327 e. The van der Waals surface area contributed by atoms with Crippen molar-refractivity contribution in [2.75, 3.05) is 33.2 Å². The third-order valence-electron chi connectivity index (χ3n) is 5.89. The van der Waals surface area contributed by atoms with Gasteiger partial charge in [-0.05, 0) is 64.1 Å². The van der Waals surface area contributed by atoms with Crippen LogP contribution in [0.15, 0.2) is 0 Å². The van der Waals surface area contributed by atoms with Gasteiger partial charge in [0.25, 0.3) is 0 Å². The fourth-order valence-electron chi connectivity index (χ4n) is 4.69. The van der Waals surface area contributed by atoms with Crippen LogP contribution < -0.4 is 5.73 Å². The van der Waals surface area contributed by atoms with Crippen LogP contribution in [-0.2, 0) is 0 Å². The lowest BCUT2D eigenvalue weighted by Gasteiger charge is -2.47. The summed E-state index contributed by atoms with van der Waals surface area (Å²) >= 11 is 0. The minimum Gasteiger partial charge on any atom is -0.327 e. The van der Waals surface area contributed by atoms with E-state index in [1.165, 1.54) is 71.1 Å². The molecule has 0 radical (unpaired) electrons. The fraction of sp³-hybridized carbons (Fsp3) is 1.00. The SMILES string of the molecule is CN1CCCC2CN(CC3CCCCC3N)CCC21. The Balaban J connectivity index is 1.53. The lowest BCUT2D eigenvalue weighted by Crippen LogP contribution is -2.54. The zero-order valence-electron chi connectivity index (χ0n) is 12.6. The summed E-state index contributed by atoms with van der Waals surface area (Å²) in [6.45, 7) is 5.22. The zero-order chi connectivity index (χ0) is 13.2. The molecule has 0 bridgehead atoms. The van der Waals surface area contributed by atoms with Crippen molar-refractivity contribution in [1.82, 2.24) is 9.80 Å². The van der Waals surface area contributed by atoms with E-state index in [1.807, 2.05) is 0 Å². The topological polar surface area (TPSA) is 32.5 Å². The number of hydrogen-bond acceptors (Lipinski definition) is 3. The first-order valence-electron chi connectivity index (χ1n) is 8.42. The zero-order valence-corrected chi connectivity index (χ0v) is 12.6. The Labute approximate surface area is 118 Å². The van der Waals surface area contributed by atoms with E-state index >= 15 is 0 Å². The number of likely N-dealkylation sites (tertiary alicyclic amines) is 2. The molecular formula is C16H31N3. The van der Waals surface area contributed by atoms with Gasteiger partial charge in [0.05, 0.1) is 0 Å². The Morgan fingerprint density at radius 2 is 1.84 bits per heavy atom. The highest BCUT2D eigenvalue weighted by molar-refractivity contribution is 4.90. The maximum Gasteiger partial charge on any atom is 0.0145 e. The van der Waals surface area contributed by atoms with Crippen LogP contribution >= 0.6 is 0 Å². The van der Waals surface area contributed by atoms with Crippen molar-refractivity contribution in [3.63, 3.8) is 0 Å². The first-order valence-corrected chi connectivity index (χ1v) is 8.42. The molecule has 3 heteroatoms. The third kappa shape index (κ3) is 3.14. The van der Waals surface area contributed by atoms with Crippen molar-refractivity contribution >= 4 is 0 Å². The van der Waals surface area contributed by atoms with Crippen molar-refractivity contribution in [3.05, 3.63) is 0 Å². The van der Waals surface area contributed by atoms with Gasteiger partial charge in [0.15, 0.2) is 0 Å². The molecule has 110 valence electrons. The standard InChI is InChI=1S/C16H31N3/c1-18-9-4-6-14-12-19(10-8-16(14)18)11-13-5-2-3-7-15(13)17/h13-16H,2-12,17H2,1H3. The van der Waals surface area contributed by atoms with E-state index in [1.54, 1.807) is 0 Å². The molecule has 0 aromatic heterocycles. The number of rotatable bonds is 2. The van der Waals surface area contributed by atoms with E-state index in [-0.39, 0.29) is 0 Å². The molecule has 0 spiro atoms. The fourth-order valence-corrected chi connectivity index (χ4v) is 4.69. The van der Waals surface area contributed by atoms with Crippen LogP contribution in [0.4, 0.5) is 0 Å². The second kappa shape index (κ2) is 6.11. The van der Waals surface area contributed by atoms with Crippen molar-refractivity contribution in [2.24, 2.45) is 17.6 Å². The number of nitrogens with two attached hydrogens (primary N) is 1. The molecule has 3 rings (SSSR count). The summed E-state index contributed by atoms with van der Waals surface area (Å²) in [5, 5.41) is 0. The predicted octanol–water partition coefficient (Wildman–Crippen LogP) is 1.92. The minimum atomic E-state index is 0.473. The molecule has 3 nitrogen and oxygen atoms in total. The van der Waals surface area contributed by atoms with Gasteiger partial charge in [-0.25, -0.2) is 0 Å². The summed E-state index contributed by atoms with van der Waals surface area (Å²) in [5.74, 6) is 1.69. The van der Waals surface area contributed by atoms with Gasteiger partial charge in [-0.3, -0.25) is 0 Å². The van der Waals surface area contributed by atoms with Crippen LogP contribution in [0, 0.1) is 11.8 Å². The first-order chi connectivity index (χ1) is 9.24. The van der Waals surface area contributed by atoms with Gasteiger partial charge in [0, 0.05) is 25.2 Å². The number of nitrogens with zero attached hydrogens (tertiary/aromatic N) is 2. The summed E-state index contributed by atoms with van der Waals surface area (Å²) in [5.41, 5.74) is 6.32. The highest BCUT2D eigenvalue weighted by Crippen LogP contribution is 2.31. The molecule has 0 amide bonds. The van der Waals surface area contributed by atoms with Crippen molar-refractivity contribution in [2.45, 2.75) is 57.0 Å². The highest BCUT2D eigenvalue weighted by atomic mass is 15.2. The predicted molar refractivity (Wildman–Crippen MR) is 80.1 cm³/mol. The molecule has 19 heavy (non-hydrogen) atoms. The number of fused-ring (bicyclic) bond motifs is 1. The Morgan fingerprint density at radius 1 is 1.00 bits per heavy atom. The van der Waals surface area contributed by atoms with E-state index in [0.29, 0.717) is 6.04 Å². The van der Waals surface area contributed by atoms with Gasteiger partial charge in [0.1, 0.15) is 0 Å². The average Bonchev–Trinajstić information content (AvgIpc) is 2.42.